The Balaban J connectivity index is 0.000000230. The van der Waals surface area contributed by atoms with Gasteiger partial charge in [0.05, 0.1) is 22.6 Å². The second-order valence-corrected chi connectivity index (χ2v) is 9.78. The van der Waals surface area contributed by atoms with Crippen LogP contribution in [0.5, 0.6) is 0 Å². The molecule has 5 rings (SSSR count). The summed E-state index contributed by atoms with van der Waals surface area (Å²) < 4.78 is 24.4. The first-order valence-electron chi connectivity index (χ1n) is 10.1. The van der Waals surface area contributed by atoms with E-state index in [1.807, 2.05) is 6.07 Å². The second kappa shape index (κ2) is 9.36. The van der Waals surface area contributed by atoms with Gasteiger partial charge in [0.2, 0.25) is 6.41 Å². The number of carbonyl (C=O) groups is 1. The lowest BCUT2D eigenvalue weighted by molar-refractivity contribution is -0.118. The molecule has 1 aromatic carbocycles. The normalized spacial score (nSPS) is 16.9. The third-order valence-corrected chi connectivity index (χ3v) is 7.37. The molecule has 1 amide bonds. The summed E-state index contributed by atoms with van der Waals surface area (Å²) in [5.74, 6) is -1.84. The standard InChI is InChI=1S/C16H15ClN4S2.C5H7F2NO/c17-9-5-10(18)12(22)6-11(9)21-15-14-8-3-1-2-4-13(8)23-16(14)20-7-19-15;6-5(7)1-2-8(3-5)4-9/h5-7,22H,1-4,18H2,(H,19,20,21);4H,1-3H2. The third-order valence-electron chi connectivity index (χ3n) is 5.47. The lowest BCUT2D eigenvalue weighted by atomic mass is 9.97. The number of aromatic nitrogens is 2. The number of nitrogens with one attached hydrogen (secondary N) is 1. The Kier molecular flexibility index (Phi) is 6.73. The van der Waals surface area contributed by atoms with E-state index in [9.17, 15) is 13.6 Å². The number of aryl methyl sites for hydroxylation is 2. The molecule has 0 spiro atoms. The molecule has 0 saturated carbocycles. The highest BCUT2D eigenvalue weighted by Gasteiger charge is 2.37. The number of nitrogens with zero attached hydrogens (tertiary/aromatic N) is 3. The average molecular weight is 498 g/mol. The summed E-state index contributed by atoms with van der Waals surface area (Å²) in [5, 5.41) is 5.02. The number of nitrogen functional groups attached to an aromatic ring is 1. The van der Waals surface area contributed by atoms with Gasteiger partial charge in [0, 0.05) is 28.4 Å². The van der Waals surface area contributed by atoms with Crippen LogP contribution in [0.25, 0.3) is 10.2 Å². The first-order valence-corrected chi connectivity index (χ1v) is 11.8. The number of fused-ring (bicyclic) bond motifs is 3. The summed E-state index contributed by atoms with van der Waals surface area (Å²) in [6.07, 6.45) is 6.56. The lowest BCUT2D eigenvalue weighted by Gasteiger charge is -2.13. The Morgan fingerprint density at radius 1 is 1.28 bits per heavy atom. The van der Waals surface area contributed by atoms with Crippen LogP contribution in [0.4, 0.5) is 26.0 Å². The largest absolute Gasteiger partial charge is 0.398 e. The van der Waals surface area contributed by atoms with Crippen molar-refractivity contribution < 1.29 is 13.6 Å². The van der Waals surface area contributed by atoms with Gasteiger partial charge in [0.1, 0.15) is 17.0 Å². The summed E-state index contributed by atoms with van der Waals surface area (Å²) >= 11 is 12.4. The monoisotopic (exact) mass is 497 g/mol. The van der Waals surface area contributed by atoms with Gasteiger partial charge in [0.25, 0.3) is 5.92 Å². The van der Waals surface area contributed by atoms with Crippen LogP contribution >= 0.6 is 35.6 Å². The zero-order chi connectivity index (χ0) is 22.9. The molecule has 32 heavy (non-hydrogen) atoms. The maximum atomic E-state index is 12.2. The molecule has 3 heterocycles. The molecule has 6 nitrogen and oxygen atoms in total. The molecule has 170 valence electrons. The van der Waals surface area contributed by atoms with Crippen LogP contribution in [0.2, 0.25) is 5.02 Å². The first-order chi connectivity index (χ1) is 15.3. The predicted molar refractivity (Wildman–Crippen MR) is 128 cm³/mol. The molecule has 0 radical (unpaired) electrons. The number of carbonyl (C=O) groups excluding carboxylic acids is 1. The molecule has 0 bridgehead atoms. The fourth-order valence-electron chi connectivity index (χ4n) is 3.84. The van der Waals surface area contributed by atoms with Crippen molar-refractivity contribution in [1.29, 1.82) is 0 Å². The minimum Gasteiger partial charge on any atom is -0.398 e. The number of halogens is 3. The van der Waals surface area contributed by atoms with Crippen molar-refractivity contribution in [2.75, 3.05) is 24.1 Å². The van der Waals surface area contributed by atoms with E-state index in [0.717, 1.165) is 39.5 Å². The molecule has 1 aliphatic carbocycles. The van der Waals surface area contributed by atoms with E-state index in [0.29, 0.717) is 22.0 Å². The number of thiophene rings is 1. The molecule has 0 unspecified atom stereocenters. The molecule has 11 heteroatoms. The van der Waals surface area contributed by atoms with Gasteiger partial charge in [-0.15, -0.1) is 24.0 Å². The summed E-state index contributed by atoms with van der Waals surface area (Å²) in [7, 11) is 0. The molecule has 1 fully saturated rings. The number of hydrogen-bond donors (Lipinski definition) is 3. The summed E-state index contributed by atoms with van der Waals surface area (Å²) in [6.45, 7) is -0.215. The highest BCUT2D eigenvalue weighted by atomic mass is 35.5. The van der Waals surface area contributed by atoms with Gasteiger partial charge < -0.3 is 16.0 Å². The maximum Gasteiger partial charge on any atom is 0.267 e. The van der Waals surface area contributed by atoms with E-state index in [2.05, 4.69) is 27.9 Å². The minimum absolute atomic E-state index is 0.189. The number of thiol groups is 1. The van der Waals surface area contributed by atoms with E-state index < -0.39 is 12.5 Å². The number of rotatable bonds is 3. The zero-order valence-corrected chi connectivity index (χ0v) is 19.5. The Hall–Kier alpha value is -2.17. The molecule has 1 saturated heterocycles. The highest BCUT2D eigenvalue weighted by molar-refractivity contribution is 7.80. The van der Waals surface area contributed by atoms with Gasteiger partial charge in [-0.3, -0.25) is 4.79 Å². The average Bonchev–Trinajstić information content (AvgIpc) is 3.32. The number of likely N-dealkylation sites (tertiary alicyclic amines) is 1. The molecule has 2 aromatic heterocycles. The van der Waals surface area contributed by atoms with Crippen molar-refractivity contribution in [3.8, 4) is 0 Å². The molecular weight excluding hydrogens is 476 g/mol. The lowest BCUT2D eigenvalue weighted by Crippen LogP contribution is -2.23. The Morgan fingerprint density at radius 3 is 2.75 bits per heavy atom. The number of benzene rings is 1. The Bertz CT molecular complexity index is 1160. The minimum atomic E-state index is -2.64. The summed E-state index contributed by atoms with van der Waals surface area (Å²) in [5.41, 5.74) is 8.53. The third kappa shape index (κ3) is 4.92. The van der Waals surface area contributed by atoms with Crippen molar-refractivity contribution in [1.82, 2.24) is 14.9 Å². The molecular formula is C21H22ClF2N5OS2. The Morgan fingerprint density at radius 2 is 2.06 bits per heavy atom. The van der Waals surface area contributed by atoms with Crippen LogP contribution in [0.15, 0.2) is 23.4 Å². The van der Waals surface area contributed by atoms with Gasteiger partial charge in [-0.2, -0.15) is 0 Å². The Labute approximate surface area is 198 Å². The number of nitrogens with two attached hydrogens (primary N) is 1. The fraction of sp³-hybridized carbons (Fsp3) is 0.381. The SMILES string of the molecule is Nc1cc(Cl)c(Nc2ncnc3sc4c(c23)CCCC4)cc1S.O=CN1CCC(F)(F)C1. The predicted octanol–water partition coefficient (Wildman–Crippen LogP) is 5.32. The topological polar surface area (TPSA) is 84.1 Å². The molecule has 3 N–H and O–H groups in total. The quantitative estimate of drug-likeness (QED) is 0.259. The van der Waals surface area contributed by atoms with Crippen LogP contribution in [0.1, 0.15) is 29.7 Å². The molecule has 0 atom stereocenters. The highest BCUT2D eigenvalue weighted by Crippen LogP contribution is 2.40. The molecule has 2 aliphatic rings. The maximum absolute atomic E-state index is 12.2. The van der Waals surface area contributed by atoms with Crippen molar-refractivity contribution in [2.45, 2.75) is 42.9 Å². The van der Waals surface area contributed by atoms with E-state index in [1.54, 1.807) is 23.7 Å². The van der Waals surface area contributed by atoms with Gasteiger partial charge in [-0.1, -0.05) is 11.6 Å². The number of alkyl halides is 2. The van der Waals surface area contributed by atoms with Crippen LogP contribution in [-0.4, -0.2) is 40.3 Å². The van der Waals surface area contributed by atoms with E-state index >= 15 is 0 Å². The van der Waals surface area contributed by atoms with E-state index in [1.165, 1.54) is 23.3 Å². The van der Waals surface area contributed by atoms with Crippen LogP contribution in [0.3, 0.4) is 0 Å². The number of amides is 1. The van der Waals surface area contributed by atoms with Crippen LogP contribution in [0, 0.1) is 0 Å². The van der Waals surface area contributed by atoms with E-state index in [4.69, 9.17) is 17.3 Å². The summed E-state index contributed by atoms with van der Waals surface area (Å²) in [6, 6.07) is 3.53. The van der Waals surface area contributed by atoms with Crippen molar-refractivity contribution in [3.63, 3.8) is 0 Å². The van der Waals surface area contributed by atoms with Crippen LogP contribution in [-0.2, 0) is 17.6 Å². The van der Waals surface area contributed by atoms with Gasteiger partial charge in [-0.25, -0.2) is 18.7 Å². The van der Waals surface area contributed by atoms with Gasteiger partial charge >= 0.3 is 0 Å². The van der Waals surface area contributed by atoms with Crippen LogP contribution < -0.4 is 11.1 Å². The van der Waals surface area contributed by atoms with E-state index in [-0.39, 0.29) is 13.0 Å². The number of anilines is 3. The van der Waals surface area contributed by atoms with Gasteiger partial charge in [0.15, 0.2) is 0 Å². The molecule has 3 aromatic rings. The smallest absolute Gasteiger partial charge is 0.267 e. The van der Waals surface area contributed by atoms with Crippen molar-refractivity contribution in [2.24, 2.45) is 0 Å². The fourth-order valence-corrected chi connectivity index (χ4v) is 5.48. The first kappa shape index (κ1) is 23.0. The van der Waals surface area contributed by atoms with Crippen molar-refractivity contribution >= 4 is 69.4 Å². The van der Waals surface area contributed by atoms with Crippen molar-refractivity contribution in [3.05, 3.63) is 33.9 Å². The second-order valence-electron chi connectivity index (χ2n) is 7.81. The number of hydrogen-bond acceptors (Lipinski definition) is 7. The zero-order valence-electron chi connectivity index (χ0n) is 17.1. The molecule has 1 aliphatic heterocycles. The summed E-state index contributed by atoms with van der Waals surface area (Å²) in [4.78, 5) is 23.0. The van der Waals surface area contributed by atoms with Gasteiger partial charge in [-0.05, 0) is 43.4 Å².